The first-order valence-corrected chi connectivity index (χ1v) is 9.38. The smallest absolute Gasteiger partial charge is 0.253 e. The van der Waals surface area contributed by atoms with Crippen molar-refractivity contribution < 1.29 is 13.2 Å². The van der Waals surface area contributed by atoms with E-state index in [-0.39, 0.29) is 16.8 Å². The van der Waals surface area contributed by atoms with Crippen LogP contribution in [0.1, 0.15) is 29.8 Å². The molecule has 7 nitrogen and oxygen atoms in total. The van der Waals surface area contributed by atoms with Crippen LogP contribution in [0, 0.1) is 0 Å². The second-order valence-electron chi connectivity index (χ2n) is 6.33. The van der Waals surface area contributed by atoms with Gasteiger partial charge in [-0.1, -0.05) is 6.07 Å². The second-order valence-corrected chi connectivity index (χ2v) is 8.32. The number of nitrogens with zero attached hydrogens (tertiary/aromatic N) is 4. The van der Waals surface area contributed by atoms with Gasteiger partial charge in [-0.3, -0.25) is 9.48 Å². The van der Waals surface area contributed by atoms with E-state index >= 15 is 0 Å². The molecule has 1 aromatic carbocycles. The number of amides is 1. The monoisotopic (exact) mass is 364 g/mol. The predicted octanol–water partition coefficient (Wildman–Crippen LogP) is 1.72. The van der Waals surface area contributed by atoms with E-state index in [9.17, 15) is 13.2 Å². The van der Waals surface area contributed by atoms with Crippen LogP contribution in [0.2, 0.25) is 0 Å². The molecule has 0 aliphatic heterocycles. The summed E-state index contributed by atoms with van der Waals surface area (Å²) in [5, 5.41) is 4.08. The molecule has 0 aliphatic carbocycles. The second kappa shape index (κ2) is 7.37. The summed E-state index contributed by atoms with van der Waals surface area (Å²) >= 11 is 0. The highest BCUT2D eigenvalue weighted by atomic mass is 32.2. The van der Waals surface area contributed by atoms with Crippen LogP contribution in [0.3, 0.4) is 0 Å². The number of benzene rings is 1. The van der Waals surface area contributed by atoms with Gasteiger partial charge in [0.2, 0.25) is 10.0 Å². The molecular formula is C17H24N4O3S. The largest absolute Gasteiger partial charge is 0.337 e. The summed E-state index contributed by atoms with van der Waals surface area (Å²) in [6.45, 7) is 4.00. The Morgan fingerprint density at radius 1 is 1.28 bits per heavy atom. The van der Waals surface area contributed by atoms with Crippen LogP contribution in [0.25, 0.3) is 0 Å². The van der Waals surface area contributed by atoms with Crippen LogP contribution in [0.15, 0.2) is 41.6 Å². The number of carbonyl (C=O) groups is 1. The highest BCUT2D eigenvalue weighted by molar-refractivity contribution is 7.89. The van der Waals surface area contributed by atoms with Crippen LogP contribution < -0.4 is 0 Å². The first-order chi connectivity index (χ1) is 11.6. The summed E-state index contributed by atoms with van der Waals surface area (Å²) in [7, 11) is 1.39. The Kier molecular flexibility index (Phi) is 5.64. The molecule has 136 valence electrons. The normalized spacial score (nSPS) is 12.0. The molecule has 0 aliphatic rings. The van der Waals surface area contributed by atoms with Crippen molar-refractivity contribution in [3.63, 3.8) is 0 Å². The standard InChI is InChI=1S/C17H24N4O3S/c1-13(2)21(5)25(23,24)16-8-6-7-15(9-16)17(22)19(3)11-14-10-18-20(4)12-14/h6-10,12-13H,11H2,1-5H3. The van der Waals surface area contributed by atoms with Crippen molar-refractivity contribution in [3.05, 3.63) is 47.8 Å². The molecule has 0 fully saturated rings. The summed E-state index contributed by atoms with van der Waals surface area (Å²) in [6.07, 6.45) is 3.53. The van der Waals surface area contributed by atoms with Crippen LogP contribution >= 0.6 is 0 Å². The highest BCUT2D eigenvalue weighted by Crippen LogP contribution is 2.19. The Morgan fingerprint density at radius 2 is 1.96 bits per heavy atom. The van der Waals surface area contributed by atoms with Gasteiger partial charge in [0.05, 0.1) is 11.1 Å². The topological polar surface area (TPSA) is 75.5 Å². The zero-order chi connectivity index (χ0) is 18.8. The number of sulfonamides is 1. The van der Waals surface area contributed by atoms with Crippen molar-refractivity contribution in [1.82, 2.24) is 19.0 Å². The molecule has 8 heteroatoms. The molecule has 0 bridgehead atoms. The van der Waals surface area contributed by atoms with Crippen molar-refractivity contribution in [1.29, 1.82) is 0 Å². The molecule has 1 amide bonds. The van der Waals surface area contributed by atoms with Crippen LogP contribution in [-0.2, 0) is 23.6 Å². The lowest BCUT2D eigenvalue weighted by Crippen LogP contribution is -2.33. The quantitative estimate of drug-likeness (QED) is 0.782. The van der Waals surface area contributed by atoms with Crippen molar-refractivity contribution >= 4 is 15.9 Å². The molecule has 0 radical (unpaired) electrons. The van der Waals surface area contributed by atoms with Gasteiger partial charge in [0.15, 0.2) is 0 Å². The summed E-state index contributed by atoms with van der Waals surface area (Å²) in [5.41, 5.74) is 1.24. The van der Waals surface area contributed by atoms with Crippen molar-refractivity contribution in [3.8, 4) is 0 Å². The minimum atomic E-state index is -3.63. The summed E-state index contributed by atoms with van der Waals surface area (Å²) < 4.78 is 28.2. The van der Waals surface area contributed by atoms with Crippen LogP contribution in [-0.4, -0.2) is 53.4 Å². The van der Waals surface area contributed by atoms with Gasteiger partial charge in [-0.25, -0.2) is 8.42 Å². The molecule has 0 N–H and O–H groups in total. The van der Waals surface area contributed by atoms with E-state index in [1.807, 2.05) is 13.2 Å². The lowest BCUT2D eigenvalue weighted by molar-refractivity contribution is 0.0785. The third kappa shape index (κ3) is 4.26. The van der Waals surface area contributed by atoms with E-state index in [1.165, 1.54) is 28.4 Å². The molecule has 1 heterocycles. The Hall–Kier alpha value is -2.19. The molecule has 2 rings (SSSR count). The molecule has 2 aromatic rings. The molecule has 0 unspecified atom stereocenters. The molecule has 0 spiro atoms. The first-order valence-electron chi connectivity index (χ1n) is 7.94. The molecule has 0 atom stereocenters. The number of carbonyl (C=O) groups excluding carboxylic acids is 1. The number of hydrogen-bond donors (Lipinski definition) is 0. The molecule has 0 saturated carbocycles. The highest BCUT2D eigenvalue weighted by Gasteiger charge is 2.24. The van der Waals surface area contributed by atoms with Crippen molar-refractivity contribution in [2.75, 3.05) is 14.1 Å². The molecule has 0 saturated heterocycles. The van der Waals surface area contributed by atoms with E-state index in [4.69, 9.17) is 0 Å². The minimum absolute atomic E-state index is 0.115. The lowest BCUT2D eigenvalue weighted by Gasteiger charge is -2.21. The Labute approximate surface area is 148 Å². The van der Waals surface area contributed by atoms with Gasteiger partial charge in [-0.05, 0) is 32.0 Å². The van der Waals surface area contributed by atoms with E-state index in [1.54, 1.807) is 43.9 Å². The maximum absolute atomic E-state index is 12.6. The van der Waals surface area contributed by atoms with Gasteiger partial charge in [0.25, 0.3) is 5.91 Å². The maximum atomic E-state index is 12.6. The number of aromatic nitrogens is 2. The van der Waals surface area contributed by atoms with E-state index in [0.717, 1.165) is 5.56 Å². The van der Waals surface area contributed by atoms with Gasteiger partial charge >= 0.3 is 0 Å². The SMILES string of the molecule is CC(C)N(C)S(=O)(=O)c1cccc(C(=O)N(C)Cc2cnn(C)c2)c1. The molecular weight excluding hydrogens is 340 g/mol. The maximum Gasteiger partial charge on any atom is 0.253 e. The number of hydrogen-bond acceptors (Lipinski definition) is 4. The predicted molar refractivity (Wildman–Crippen MR) is 95.5 cm³/mol. The van der Waals surface area contributed by atoms with E-state index < -0.39 is 10.0 Å². The summed E-state index contributed by atoms with van der Waals surface area (Å²) in [5.74, 6) is -0.242. The van der Waals surface area contributed by atoms with Gasteiger partial charge in [0.1, 0.15) is 0 Å². The fourth-order valence-corrected chi connectivity index (χ4v) is 3.77. The van der Waals surface area contributed by atoms with Crippen LogP contribution in [0.4, 0.5) is 0 Å². The Balaban J connectivity index is 2.24. The average Bonchev–Trinajstić information content (AvgIpc) is 2.98. The van der Waals surface area contributed by atoms with Crippen LogP contribution in [0.5, 0.6) is 0 Å². The zero-order valence-electron chi connectivity index (χ0n) is 15.2. The van der Waals surface area contributed by atoms with Crippen molar-refractivity contribution in [2.45, 2.75) is 31.3 Å². The minimum Gasteiger partial charge on any atom is -0.337 e. The van der Waals surface area contributed by atoms with Gasteiger partial charge in [-0.15, -0.1) is 0 Å². The van der Waals surface area contributed by atoms with Gasteiger partial charge in [-0.2, -0.15) is 9.40 Å². The number of aryl methyl sites for hydroxylation is 1. The third-order valence-corrected chi connectivity index (χ3v) is 6.04. The van der Waals surface area contributed by atoms with E-state index in [0.29, 0.717) is 12.1 Å². The fraction of sp³-hybridized carbons (Fsp3) is 0.412. The zero-order valence-corrected chi connectivity index (χ0v) is 16.0. The third-order valence-electron chi connectivity index (χ3n) is 4.01. The van der Waals surface area contributed by atoms with E-state index in [2.05, 4.69) is 5.10 Å². The lowest BCUT2D eigenvalue weighted by atomic mass is 10.2. The molecule has 25 heavy (non-hydrogen) atoms. The number of rotatable bonds is 6. The fourth-order valence-electron chi connectivity index (χ4n) is 2.35. The Morgan fingerprint density at radius 3 is 2.52 bits per heavy atom. The van der Waals surface area contributed by atoms with Crippen molar-refractivity contribution in [2.24, 2.45) is 7.05 Å². The molecule has 1 aromatic heterocycles. The summed E-state index contributed by atoms with van der Waals surface area (Å²) in [6, 6.07) is 5.98. The van der Waals surface area contributed by atoms with Gasteiger partial charge < -0.3 is 4.90 Å². The summed E-state index contributed by atoms with van der Waals surface area (Å²) in [4.78, 5) is 14.3. The van der Waals surface area contributed by atoms with Gasteiger partial charge in [0, 0.05) is 51.1 Å². The average molecular weight is 364 g/mol. The Bertz CT molecular complexity index is 858. The first kappa shape index (κ1) is 19.1.